The first-order valence-corrected chi connectivity index (χ1v) is 10.1. The summed E-state index contributed by atoms with van der Waals surface area (Å²) in [5, 5.41) is 8.90. The molecule has 0 aromatic heterocycles. The number of hydrogen-bond acceptors (Lipinski definition) is 4. The lowest BCUT2D eigenvalue weighted by atomic mass is 10.2. The second-order valence-electron chi connectivity index (χ2n) is 6.53. The van der Waals surface area contributed by atoms with Gasteiger partial charge in [-0.3, -0.25) is 14.4 Å². The monoisotopic (exact) mass is 398 g/mol. The van der Waals surface area contributed by atoms with Crippen LogP contribution in [0, 0.1) is 0 Å². The third kappa shape index (κ3) is 5.13. The van der Waals surface area contributed by atoms with Crippen LogP contribution in [0.1, 0.15) is 18.4 Å². The Morgan fingerprint density at radius 3 is 2.54 bits per heavy atom. The Morgan fingerprint density at radius 1 is 1.07 bits per heavy atom. The highest BCUT2D eigenvalue weighted by atomic mass is 32.2. The second-order valence-corrected chi connectivity index (χ2v) is 7.55. The third-order valence-electron chi connectivity index (χ3n) is 4.49. The van der Waals surface area contributed by atoms with E-state index in [1.54, 1.807) is 4.90 Å². The number of aliphatic carboxylic acids is 1. The van der Waals surface area contributed by atoms with Crippen molar-refractivity contribution in [1.29, 1.82) is 0 Å². The molecule has 0 unspecified atom stereocenters. The van der Waals surface area contributed by atoms with Crippen molar-refractivity contribution in [3.05, 3.63) is 60.2 Å². The molecule has 0 bridgehead atoms. The van der Waals surface area contributed by atoms with E-state index in [4.69, 9.17) is 5.11 Å². The number of nitrogens with zero attached hydrogens (tertiary/aromatic N) is 2. The average molecular weight is 398 g/mol. The third-order valence-corrected chi connectivity index (χ3v) is 5.54. The van der Waals surface area contributed by atoms with Gasteiger partial charge in [-0.25, -0.2) is 0 Å². The molecule has 0 fully saturated rings. The van der Waals surface area contributed by atoms with Gasteiger partial charge in [0.05, 0.1) is 11.4 Å². The molecule has 2 aromatic carbocycles. The Labute approximate surface area is 168 Å². The lowest BCUT2D eigenvalue weighted by molar-refractivity contribution is -0.138. The van der Waals surface area contributed by atoms with Gasteiger partial charge in [-0.15, -0.1) is 11.8 Å². The number of carboxylic acids is 1. The molecule has 1 aliphatic rings. The van der Waals surface area contributed by atoms with Gasteiger partial charge in [0.25, 0.3) is 0 Å². The van der Waals surface area contributed by atoms with Gasteiger partial charge >= 0.3 is 5.97 Å². The van der Waals surface area contributed by atoms with E-state index in [1.165, 1.54) is 16.7 Å². The maximum Gasteiger partial charge on any atom is 0.303 e. The summed E-state index contributed by atoms with van der Waals surface area (Å²) in [6.07, 6.45) is 0.370. The Kier molecular flexibility index (Phi) is 6.71. The molecule has 0 saturated carbocycles. The molecule has 0 spiro atoms. The van der Waals surface area contributed by atoms with Crippen molar-refractivity contribution in [1.82, 2.24) is 4.90 Å². The van der Waals surface area contributed by atoms with Crippen molar-refractivity contribution in [3.8, 4) is 0 Å². The number of fused-ring (bicyclic) bond motifs is 1. The lowest BCUT2D eigenvalue weighted by Crippen LogP contribution is -2.45. The highest BCUT2D eigenvalue weighted by Gasteiger charge is 2.28. The van der Waals surface area contributed by atoms with Crippen LogP contribution in [0.5, 0.6) is 0 Å². The quantitative estimate of drug-likeness (QED) is 0.740. The summed E-state index contributed by atoms with van der Waals surface area (Å²) >= 11 is 1.47. The molecule has 28 heavy (non-hydrogen) atoms. The topological polar surface area (TPSA) is 77.9 Å². The number of anilines is 1. The number of carbonyl (C=O) groups is 3. The summed E-state index contributed by atoms with van der Waals surface area (Å²) < 4.78 is 0. The molecule has 1 aliphatic heterocycles. The van der Waals surface area contributed by atoms with Crippen LogP contribution in [0.3, 0.4) is 0 Å². The predicted octanol–water partition coefficient (Wildman–Crippen LogP) is 3.02. The minimum Gasteiger partial charge on any atom is -0.481 e. The minimum absolute atomic E-state index is 0.000682. The van der Waals surface area contributed by atoms with Crippen LogP contribution in [0.2, 0.25) is 0 Å². The largest absolute Gasteiger partial charge is 0.481 e. The van der Waals surface area contributed by atoms with Gasteiger partial charge < -0.3 is 14.9 Å². The standard InChI is InChI=1S/C21H22N2O4S/c24-19(14-23-17-9-4-5-10-18(17)28-15-20(23)25)22(12-6-11-21(26)27)13-16-7-2-1-3-8-16/h1-5,7-10H,6,11-15H2,(H,26,27). The van der Waals surface area contributed by atoms with Gasteiger partial charge in [0.2, 0.25) is 11.8 Å². The number of carbonyl (C=O) groups excluding carboxylic acids is 2. The number of carboxylic acid groups (broad SMARTS) is 1. The number of benzene rings is 2. The number of rotatable bonds is 8. The highest BCUT2D eigenvalue weighted by Crippen LogP contribution is 2.34. The maximum absolute atomic E-state index is 13.0. The van der Waals surface area contributed by atoms with Crippen LogP contribution in [0.25, 0.3) is 0 Å². The van der Waals surface area contributed by atoms with Crippen molar-refractivity contribution in [2.45, 2.75) is 24.3 Å². The van der Waals surface area contributed by atoms with Crippen molar-refractivity contribution in [2.24, 2.45) is 0 Å². The normalized spacial score (nSPS) is 13.1. The molecule has 1 N–H and O–H groups in total. The van der Waals surface area contributed by atoms with Crippen LogP contribution in [-0.2, 0) is 20.9 Å². The smallest absolute Gasteiger partial charge is 0.303 e. The zero-order chi connectivity index (χ0) is 19.9. The zero-order valence-electron chi connectivity index (χ0n) is 15.4. The van der Waals surface area contributed by atoms with Gasteiger partial charge in [0.15, 0.2) is 0 Å². The van der Waals surface area contributed by atoms with Crippen LogP contribution >= 0.6 is 11.8 Å². The Morgan fingerprint density at radius 2 is 1.79 bits per heavy atom. The Bertz CT molecular complexity index is 856. The molecule has 0 saturated heterocycles. The van der Waals surface area contributed by atoms with Gasteiger partial charge in [0.1, 0.15) is 6.54 Å². The number of hydrogen-bond donors (Lipinski definition) is 1. The van der Waals surface area contributed by atoms with Crippen LogP contribution < -0.4 is 4.90 Å². The second kappa shape index (κ2) is 9.41. The summed E-state index contributed by atoms with van der Waals surface area (Å²) in [4.78, 5) is 40.5. The lowest BCUT2D eigenvalue weighted by Gasteiger charge is -2.31. The van der Waals surface area contributed by atoms with Crippen molar-refractivity contribution >= 4 is 35.2 Å². The van der Waals surface area contributed by atoms with E-state index < -0.39 is 5.97 Å². The van der Waals surface area contributed by atoms with E-state index in [9.17, 15) is 14.4 Å². The summed E-state index contributed by atoms with van der Waals surface area (Å²) in [6, 6.07) is 17.1. The molecule has 7 heteroatoms. The fourth-order valence-electron chi connectivity index (χ4n) is 3.08. The van der Waals surface area contributed by atoms with E-state index in [0.29, 0.717) is 25.3 Å². The van der Waals surface area contributed by atoms with Gasteiger partial charge in [0, 0.05) is 24.4 Å². The first-order valence-electron chi connectivity index (χ1n) is 9.10. The van der Waals surface area contributed by atoms with E-state index in [1.807, 2.05) is 54.6 Å². The van der Waals surface area contributed by atoms with Gasteiger partial charge in [-0.1, -0.05) is 42.5 Å². The predicted molar refractivity (Wildman–Crippen MR) is 108 cm³/mol. The summed E-state index contributed by atoms with van der Waals surface area (Å²) in [5.74, 6) is -0.863. The Hall–Kier alpha value is -2.80. The van der Waals surface area contributed by atoms with E-state index in [2.05, 4.69) is 0 Å². The molecule has 1 heterocycles. The summed E-state index contributed by atoms with van der Waals surface area (Å²) in [6.45, 7) is 0.673. The maximum atomic E-state index is 13.0. The summed E-state index contributed by atoms with van der Waals surface area (Å²) in [5.41, 5.74) is 1.72. The SMILES string of the molecule is O=C(O)CCCN(Cc1ccccc1)C(=O)CN1C(=O)CSc2ccccc21. The van der Waals surface area contributed by atoms with E-state index in [0.717, 1.165) is 16.1 Å². The van der Waals surface area contributed by atoms with Crippen LogP contribution in [0.15, 0.2) is 59.5 Å². The van der Waals surface area contributed by atoms with Crippen molar-refractivity contribution in [2.75, 3.05) is 23.7 Å². The highest BCUT2D eigenvalue weighted by molar-refractivity contribution is 8.00. The first kappa shape index (κ1) is 19.9. The zero-order valence-corrected chi connectivity index (χ0v) is 16.2. The van der Waals surface area contributed by atoms with Crippen LogP contribution in [-0.4, -0.2) is 46.6 Å². The molecule has 146 valence electrons. The van der Waals surface area contributed by atoms with Gasteiger partial charge in [-0.05, 0) is 24.1 Å². The van der Waals surface area contributed by atoms with Crippen molar-refractivity contribution in [3.63, 3.8) is 0 Å². The fourth-order valence-corrected chi connectivity index (χ4v) is 4.02. The molecular weight excluding hydrogens is 376 g/mol. The summed E-state index contributed by atoms with van der Waals surface area (Å²) in [7, 11) is 0. The molecule has 0 radical (unpaired) electrons. The molecule has 0 atom stereocenters. The molecule has 2 aromatic rings. The first-order chi connectivity index (χ1) is 13.5. The number of thioether (sulfide) groups is 1. The minimum atomic E-state index is -0.885. The Balaban J connectivity index is 1.74. The number of para-hydroxylation sites is 1. The number of amides is 2. The van der Waals surface area contributed by atoms with Crippen molar-refractivity contribution < 1.29 is 19.5 Å². The molecule has 2 amide bonds. The average Bonchev–Trinajstić information content (AvgIpc) is 2.70. The van der Waals surface area contributed by atoms with Gasteiger partial charge in [-0.2, -0.15) is 0 Å². The molecular formula is C21H22N2O4S. The molecule has 3 rings (SSSR count). The molecule has 0 aliphatic carbocycles. The fraction of sp³-hybridized carbons (Fsp3) is 0.286. The van der Waals surface area contributed by atoms with E-state index >= 15 is 0 Å². The van der Waals surface area contributed by atoms with E-state index in [-0.39, 0.29) is 24.8 Å². The molecule has 6 nitrogen and oxygen atoms in total. The van der Waals surface area contributed by atoms with Crippen LogP contribution in [0.4, 0.5) is 5.69 Å².